The van der Waals surface area contributed by atoms with Crippen molar-refractivity contribution >= 4 is 16.7 Å². The van der Waals surface area contributed by atoms with Gasteiger partial charge in [-0.2, -0.15) is 0 Å². The lowest BCUT2D eigenvalue weighted by Crippen LogP contribution is -2.31. The van der Waals surface area contributed by atoms with Gasteiger partial charge in [0.2, 0.25) is 0 Å². The van der Waals surface area contributed by atoms with E-state index in [2.05, 4.69) is 72.3 Å². The molecular weight excluding hydrogens is 424 g/mol. The van der Waals surface area contributed by atoms with Crippen molar-refractivity contribution in [1.82, 2.24) is 9.88 Å². The second-order valence-corrected chi connectivity index (χ2v) is 8.95. The Hall–Kier alpha value is -3.41. The van der Waals surface area contributed by atoms with E-state index < -0.39 is 6.10 Å². The highest BCUT2D eigenvalue weighted by Crippen LogP contribution is 2.32. The van der Waals surface area contributed by atoms with E-state index in [1.807, 2.05) is 25.1 Å². The number of aliphatic hydroxyl groups excluding tert-OH is 1. The first-order valence-corrected chi connectivity index (χ1v) is 11.6. The number of aromatic nitrogens is 1. The number of hydrogen-bond acceptors (Lipinski definition) is 4. The molecule has 0 bridgehead atoms. The molecule has 0 saturated carbocycles. The molecule has 0 aliphatic carbocycles. The summed E-state index contributed by atoms with van der Waals surface area (Å²) >= 11 is 0. The van der Waals surface area contributed by atoms with Crippen molar-refractivity contribution in [3.8, 4) is 11.4 Å². The number of nitrogens with zero attached hydrogens (tertiary/aromatic N) is 1. The Morgan fingerprint density at radius 2 is 1.62 bits per heavy atom. The Labute approximate surface area is 201 Å². The topological polar surface area (TPSA) is 63.5 Å². The first-order valence-electron chi connectivity index (χ1n) is 11.6. The van der Waals surface area contributed by atoms with E-state index in [1.165, 1.54) is 16.7 Å². The lowest BCUT2D eigenvalue weighted by molar-refractivity contribution is 0.101. The molecule has 5 nitrogen and oxygen atoms in total. The van der Waals surface area contributed by atoms with E-state index >= 15 is 0 Å². The number of hydrogen-bond donors (Lipinski definition) is 2. The zero-order chi connectivity index (χ0) is 24.2. The van der Waals surface area contributed by atoms with Crippen LogP contribution in [-0.2, 0) is 6.54 Å². The zero-order valence-electron chi connectivity index (χ0n) is 20.3. The summed E-state index contributed by atoms with van der Waals surface area (Å²) in [6.07, 6.45) is -0.646. The van der Waals surface area contributed by atoms with Gasteiger partial charge >= 0.3 is 0 Å². The van der Waals surface area contributed by atoms with Gasteiger partial charge in [-0.3, -0.25) is 4.79 Å². The van der Waals surface area contributed by atoms with Crippen molar-refractivity contribution in [2.45, 2.75) is 40.3 Å². The van der Waals surface area contributed by atoms with E-state index in [0.29, 0.717) is 24.4 Å². The molecule has 34 heavy (non-hydrogen) atoms. The molecule has 4 aromatic rings. The quantitative estimate of drug-likeness (QED) is 0.336. The molecule has 1 unspecified atom stereocenters. The van der Waals surface area contributed by atoms with Crippen LogP contribution in [0, 0.1) is 20.8 Å². The fourth-order valence-electron chi connectivity index (χ4n) is 4.30. The van der Waals surface area contributed by atoms with Gasteiger partial charge < -0.3 is 19.7 Å². The van der Waals surface area contributed by atoms with E-state index in [0.717, 1.165) is 22.3 Å². The maximum absolute atomic E-state index is 12.5. The lowest BCUT2D eigenvalue weighted by atomic mass is 10.1. The van der Waals surface area contributed by atoms with Gasteiger partial charge in [0.05, 0.1) is 5.52 Å². The number of ketones is 1. The summed E-state index contributed by atoms with van der Waals surface area (Å²) in [5.74, 6) is 0.652. The molecule has 5 heteroatoms. The van der Waals surface area contributed by atoms with Gasteiger partial charge in [-0.25, -0.2) is 0 Å². The van der Waals surface area contributed by atoms with Crippen LogP contribution in [0.25, 0.3) is 16.6 Å². The highest BCUT2D eigenvalue weighted by Gasteiger charge is 2.19. The molecule has 0 amide bonds. The summed E-state index contributed by atoms with van der Waals surface area (Å²) in [5, 5.41) is 14.5. The first-order chi connectivity index (χ1) is 16.3. The number of benzene rings is 3. The summed E-state index contributed by atoms with van der Waals surface area (Å²) < 4.78 is 8.00. The van der Waals surface area contributed by atoms with Crippen LogP contribution in [0.3, 0.4) is 0 Å². The van der Waals surface area contributed by atoms with Crippen LogP contribution in [0.1, 0.15) is 39.7 Å². The number of aliphatic hydroxyl groups is 1. The van der Waals surface area contributed by atoms with Crippen LogP contribution in [0.15, 0.2) is 66.7 Å². The van der Waals surface area contributed by atoms with Gasteiger partial charge in [-0.15, -0.1) is 0 Å². The molecule has 0 spiro atoms. The minimum atomic E-state index is -0.646. The maximum Gasteiger partial charge on any atom is 0.162 e. The Morgan fingerprint density at radius 3 is 2.26 bits per heavy atom. The summed E-state index contributed by atoms with van der Waals surface area (Å²) in [6.45, 7) is 8.97. The molecule has 176 valence electrons. The van der Waals surface area contributed by atoms with Crippen molar-refractivity contribution in [3.05, 3.63) is 94.7 Å². The monoisotopic (exact) mass is 456 g/mol. The van der Waals surface area contributed by atoms with Crippen LogP contribution < -0.4 is 10.1 Å². The molecule has 4 rings (SSSR count). The fraction of sp³-hybridized carbons (Fsp3) is 0.276. The Bertz CT molecular complexity index is 1290. The van der Waals surface area contributed by atoms with Gasteiger partial charge in [0, 0.05) is 35.4 Å². The highest BCUT2D eigenvalue weighted by atomic mass is 16.5. The van der Waals surface area contributed by atoms with Crippen LogP contribution in [0.2, 0.25) is 0 Å². The predicted molar refractivity (Wildman–Crippen MR) is 137 cm³/mol. The number of rotatable bonds is 9. The van der Waals surface area contributed by atoms with Gasteiger partial charge in [0.25, 0.3) is 0 Å². The molecule has 1 aromatic heterocycles. The molecule has 0 aliphatic heterocycles. The Balaban J connectivity index is 1.47. The van der Waals surface area contributed by atoms with Crippen LogP contribution in [-0.4, -0.2) is 34.7 Å². The zero-order valence-corrected chi connectivity index (χ0v) is 20.3. The van der Waals surface area contributed by atoms with Crippen molar-refractivity contribution in [3.63, 3.8) is 0 Å². The van der Waals surface area contributed by atoms with E-state index in [1.54, 1.807) is 6.92 Å². The smallest absolute Gasteiger partial charge is 0.162 e. The molecule has 2 N–H and O–H groups in total. The molecule has 0 radical (unpaired) electrons. The minimum Gasteiger partial charge on any atom is -0.491 e. The molecule has 0 aliphatic rings. The maximum atomic E-state index is 12.5. The van der Waals surface area contributed by atoms with Crippen molar-refractivity contribution in [2.24, 2.45) is 0 Å². The average molecular weight is 457 g/mol. The summed E-state index contributed by atoms with van der Waals surface area (Å²) in [4.78, 5) is 12.5. The summed E-state index contributed by atoms with van der Waals surface area (Å²) in [7, 11) is 0. The largest absolute Gasteiger partial charge is 0.491 e. The lowest BCUT2D eigenvalue weighted by Gasteiger charge is -2.14. The van der Waals surface area contributed by atoms with Gasteiger partial charge in [-0.1, -0.05) is 47.5 Å². The highest BCUT2D eigenvalue weighted by molar-refractivity contribution is 6.09. The van der Waals surface area contributed by atoms with E-state index in [4.69, 9.17) is 4.74 Å². The van der Waals surface area contributed by atoms with Crippen LogP contribution >= 0.6 is 0 Å². The number of carbonyl (C=O) groups excluding carboxylic acids is 1. The number of aryl methyl sites for hydroxylation is 2. The van der Waals surface area contributed by atoms with E-state index in [9.17, 15) is 9.90 Å². The predicted octanol–water partition coefficient (Wildman–Crippen LogP) is 5.29. The third-order valence-electron chi connectivity index (χ3n) is 6.09. The van der Waals surface area contributed by atoms with Gasteiger partial charge in [0.15, 0.2) is 5.78 Å². The third-order valence-corrected chi connectivity index (χ3v) is 6.09. The minimum absolute atomic E-state index is 0.0193. The summed E-state index contributed by atoms with van der Waals surface area (Å²) in [5.41, 5.74) is 7.17. The van der Waals surface area contributed by atoms with Crippen molar-refractivity contribution in [2.75, 3.05) is 13.2 Å². The number of nitrogens with one attached hydrogen (secondary N) is 1. The summed E-state index contributed by atoms with van der Waals surface area (Å²) in [6, 6.07) is 22.4. The van der Waals surface area contributed by atoms with Crippen LogP contribution in [0.4, 0.5) is 0 Å². The molecule has 0 fully saturated rings. The average Bonchev–Trinajstić information content (AvgIpc) is 3.11. The molecule has 1 atom stereocenters. The second-order valence-electron chi connectivity index (χ2n) is 8.95. The number of carbonyl (C=O) groups is 1. The Morgan fingerprint density at radius 1 is 0.971 bits per heavy atom. The standard InChI is InChI=1S/C29H32N2O3/c1-19-5-9-23(10-6-19)16-30-17-25(33)18-34-26-13-14-28-27(15-26)29(22(4)32)21(3)31(28)24-11-7-20(2)8-12-24/h5-15,25,30,33H,16-18H2,1-4H3. The number of fused-ring (bicyclic) bond motifs is 1. The second kappa shape index (κ2) is 10.2. The van der Waals surface area contributed by atoms with Gasteiger partial charge in [-0.05, 0) is 63.6 Å². The third kappa shape index (κ3) is 5.22. The van der Waals surface area contributed by atoms with E-state index in [-0.39, 0.29) is 12.4 Å². The fourth-order valence-corrected chi connectivity index (χ4v) is 4.30. The SMILES string of the molecule is CC(=O)c1c(C)n(-c2ccc(C)cc2)c2ccc(OCC(O)CNCc3ccc(C)cc3)cc12. The number of Topliss-reactive ketones (excluding diaryl/α,β-unsaturated/α-hetero) is 1. The molecule has 3 aromatic carbocycles. The Kier molecular flexibility index (Phi) is 7.15. The number of ether oxygens (including phenoxy) is 1. The molecular formula is C29H32N2O3. The van der Waals surface area contributed by atoms with Crippen molar-refractivity contribution in [1.29, 1.82) is 0 Å². The van der Waals surface area contributed by atoms with Crippen molar-refractivity contribution < 1.29 is 14.6 Å². The first kappa shape index (κ1) is 23.7. The normalized spacial score (nSPS) is 12.1. The molecule has 0 saturated heterocycles. The van der Waals surface area contributed by atoms with Gasteiger partial charge in [0.1, 0.15) is 18.5 Å². The van der Waals surface area contributed by atoms with Crippen LogP contribution in [0.5, 0.6) is 5.75 Å². The molecule has 1 heterocycles.